The molecule has 2 nitrogen and oxygen atoms in total. The zero-order chi connectivity index (χ0) is 13.0. The molecule has 1 atom stereocenters. The minimum Gasteiger partial charge on any atom is -0.481 e. The normalized spacial score (nSPS) is 12.2. The van der Waals surface area contributed by atoms with E-state index in [1.807, 2.05) is 42.5 Å². The molecule has 0 spiro atoms. The predicted molar refractivity (Wildman–Crippen MR) is 73.6 cm³/mol. The Morgan fingerprint density at radius 3 is 2.67 bits per heavy atom. The monoisotopic (exact) mass is 240 g/mol. The molecule has 0 amide bonds. The number of carbonyl (C=O) groups is 1. The molecule has 0 unspecified atom stereocenters. The quantitative estimate of drug-likeness (QED) is 0.810. The number of carboxylic acid groups (broad SMARTS) is 1. The van der Waals surface area contributed by atoms with E-state index in [2.05, 4.69) is 6.58 Å². The summed E-state index contributed by atoms with van der Waals surface area (Å²) in [6, 6.07) is 14.1. The van der Waals surface area contributed by atoms with Crippen molar-refractivity contribution in [2.24, 2.45) is 5.92 Å². The van der Waals surface area contributed by atoms with Gasteiger partial charge in [0.15, 0.2) is 0 Å². The fourth-order valence-electron chi connectivity index (χ4n) is 2.21. The Hall–Kier alpha value is -2.09. The maximum absolute atomic E-state index is 11.2. The van der Waals surface area contributed by atoms with E-state index in [-0.39, 0.29) is 0 Å². The first kappa shape index (κ1) is 12.4. The maximum atomic E-state index is 11.2. The van der Waals surface area contributed by atoms with Crippen molar-refractivity contribution in [1.29, 1.82) is 0 Å². The molecular weight excluding hydrogens is 224 g/mol. The fraction of sp³-hybridized carbons (Fsp3) is 0.188. The van der Waals surface area contributed by atoms with E-state index in [1.165, 1.54) is 0 Å². The van der Waals surface area contributed by atoms with Gasteiger partial charge in [-0.25, -0.2) is 0 Å². The number of fused-ring (bicyclic) bond motifs is 1. The van der Waals surface area contributed by atoms with Crippen LogP contribution in [0.5, 0.6) is 0 Å². The number of hydrogen-bond donors (Lipinski definition) is 1. The van der Waals surface area contributed by atoms with Gasteiger partial charge in [0.05, 0.1) is 5.92 Å². The first-order chi connectivity index (χ1) is 8.72. The molecule has 0 aliphatic rings. The molecule has 2 heteroatoms. The van der Waals surface area contributed by atoms with E-state index in [0.29, 0.717) is 12.8 Å². The lowest BCUT2D eigenvalue weighted by molar-refractivity contribution is -0.141. The Kier molecular flexibility index (Phi) is 3.78. The molecule has 0 radical (unpaired) electrons. The van der Waals surface area contributed by atoms with Gasteiger partial charge in [-0.2, -0.15) is 0 Å². The predicted octanol–water partition coefficient (Wildman–Crippen LogP) is 3.66. The van der Waals surface area contributed by atoms with Crippen LogP contribution >= 0.6 is 0 Å². The SMILES string of the molecule is C=CC[C@@H](Cc1cccc2ccccc12)C(=O)O. The van der Waals surface area contributed by atoms with Gasteiger partial charge in [-0.05, 0) is 29.2 Å². The number of hydrogen-bond acceptors (Lipinski definition) is 1. The van der Waals surface area contributed by atoms with E-state index >= 15 is 0 Å². The zero-order valence-corrected chi connectivity index (χ0v) is 10.2. The molecule has 2 aromatic carbocycles. The summed E-state index contributed by atoms with van der Waals surface area (Å²) in [6.07, 6.45) is 2.71. The van der Waals surface area contributed by atoms with Gasteiger partial charge in [0.1, 0.15) is 0 Å². The number of aliphatic carboxylic acids is 1. The molecule has 2 rings (SSSR count). The van der Waals surface area contributed by atoms with Gasteiger partial charge in [-0.1, -0.05) is 48.5 Å². The molecule has 0 saturated carbocycles. The lowest BCUT2D eigenvalue weighted by Gasteiger charge is -2.12. The second kappa shape index (κ2) is 5.50. The van der Waals surface area contributed by atoms with Gasteiger partial charge in [0.2, 0.25) is 0 Å². The van der Waals surface area contributed by atoms with Crippen molar-refractivity contribution < 1.29 is 9.90 Å². The van der Waals surface area contributed by atoms with E-state index in [4.69, 9.17) is 0 Å². The van der Waals surface area contributed by atoms with Gasteiger partial charge in [0.25, 0.3) is 0 Å². The van der Waals surface area contributed by atoms with Crippen molar-refractivity contribution in [2.75, 3.05) is 0 Å². The topological polar surface area (TPSA) is 37.3 Å². The summed E-state index contributed by atoms with van der Waals surface area (Å²) in [5.41, 5.74) is 1.09. The van der Waals surface area contributed by atoms with Crippen molar-refractivity contribution in [1.82, 2.24) is 0 Å². The van der Waals surface area contributed by atoms with E-state index in [9.17, 15) is 9.90 Å². The maximum Gasteiger partial charge on any atom is 0.307 e. The molecule has 0 fully saturated rings. The highest BCUT2D eigenvalue weighted by Gasteiger charge is 2.17. The van der Waals surface area contributed by atoms with Crippen LogP contribution in [0.25, 0.3) is 10.8 Å². The van der Waals surface area contributed by atoms with Crippen LogP contribution in [0.1, 0.15) is 12.0 Å². The summed E-state index contributed by atoms with van der Waals surface area (Å²) in [6.45, 7) is 3.62. The van der Waals surface area contributed by atoms with Gasteiger partial charge >= 0.3 is 5.97 Å². The molecule has 92 valence electrons. The Labute approximate surface area is 107 Å². The van der Waals surface area contributed by atoms with Crippen molar-refractivity contribution in [2.45, 2.75) is 12.8 Å². The van der Waals surface area contributed by atoms with Crippen LogP contribution in [0.4, 0.5) is 0 Å². The molecular formula is C16H16O2. The molecule has 18 heavy (non-hydrogen) atoms. The smallest absolute Gasteiger partial charge is 0.307 e. The second-order valence-electron chi connectivity index (χ2n) is 4.40. The zero-order valence-electron chi connectivity index (χ0n) is 10.2. The Bertz CT molecular complexity index is 567. The van der Waals surface area contributed by atoms with Crippen LogP contribution in [0.2, 0.25) is 0 Å². The molecule has 0 bridgehead atoms. The van der Waals surface area contributed by atoms with Crippen LogP contribution in [0.15, 0.2) is 55.1 Å². The molecule has 0 heterocycles. The highest BCUT2D eigenvalue weighted by molar-refractivity contribution is 5.86. The second-order valence-corrected chi connectivity index (χ2v) is 4.40. The molecule has 0 aliphatic heterocycles. The Morgan fingerprint density at radius 2 is 1.94 bits per heavy atom. The van der Waals surface area contributed by atoms with Crippen molar-refractivity contribution in [3.8, 4) is 0 Å². The van der Waals surface area contributed by atoms with Gasteiger partial charge in [-0.15, -0.1) is 6.58 Å². The average molecular weight is 240 g/mol. The summed E-state index contributed by atoms with van der Waals surface area (Å²) in [5, 5.41) is 11.5. The lowest BCUT2D eigenvalue weighted by atomic mass is 9.93. The van der Waals surface area contributed by atoms with E-state index in [1.54, 1.807) is 6.08 Å². The van der Waals surface area contributed by atoms with Crippen LogP contribution in [-0.2, 0) is 11.2 Å². The van der Waals surface area contributed by atoms with Crippen molar-refractivity contribution >= 4 is 16.7 Å². The van der Waals surface area contributed by atoms with E-state index < -0.39 is 11.9 Å². The summed E-state index contributed by atoms with van der Waals surface area (Å²) < 4.78 is 0. The van der Waals surface area contributed by atoms with Crippen LogP contribution in [0.3, 0.4) is 0 Å². The third kappa shape index (κ3) is 2.59. The fourth-order valence-corrected chi connectivity index (χ4v) is 2.21. The third-order valence-electron chi connectivity index (χ3n) is 3.15. The summed E-state index contributed by atoms with van der Waals surface area (Å²) in [5.74, 6) is -1.16. The number of benzene rings is 2. The molecule has 0 saturated heterocycles. The Morgan fingerprint density at radius 1 is 1.22 bits per heavy atom. The van der Waals surface area contributed by atoms with E-state index in [0.717, 1.165) is 16.3 Å². The van der Waals surface area contributed by atoms with Crippen LogP contribution in [0, 0.1) is 5.92 Å². The lowest BCUT2D eigenvalue weighted by Crippen LogP contribution is -2.15. The van der Waals surface area contributed by atoms with Crippen molar-refractivity contribution in [3.05, 3.63) is 60.7 Å². The van der Waals surface area contributed by atoms with Crippen LogP contribution in [-0.4, -0.2) is 11.1 Å². The first-order valence-corrected chi connectivity index (χ1v) is 6.02. The number of allylic oxidation sites excluding steroid dienone is 1. The molecule has 0 aromatic heterocycles. The minimum absolute atomic E-state index is 0.395. The summed E-state index contributed by atoms with van der Waals surface area (Å²) in [7, 11) is 0. The highest BCUT2D eigenvalue weighted by atomic mass is 16.4. The largest absolute Gasteiger partial charge is 0.481 e. The standard InChI is InChI=1S/C16H16O2/c1-2-6-14(16(17)18)11-13-9-5-8-12-7-3-4-10-15(12)13/h2-5,7-10,14H,1,6,11H2,(H,17,18)/t14-/m0/s1. The molecule has 0 aliphatic carbocycles. The number of carboxylic acids is 1. The highest BCUT2D eigenvalue weighted by Crippen LogP contribution is 2.22. The van der Waals surface area contributed by atoms with Crippen LogP contribution < -0.4 is 0 Å². The minimum atomic E-state index is -0.761. The summed E-state index contributed by atoms with van der Waals surface area (Å²) in [4.78, 5) is 11.2. The third-order valence-corrected chi connectivity index (χ3v) is 3.15. The summed E-state index contributed by atoms with van der Waals surface area (Å²) >= 11 is 0. The Balaban J connectivity index is 2.36. The average Bonchev–Trinajstić information content (AvgIpc) is 2.38. The molecule has 2 aromatic rings. The molecule has 1 N–H and O–H groups in total. The van der Waals surface area contributed by atoms with Crippen molar-refractivity contribution in [3.63, 3.8) is 0 Å². The first-order valence-electron chi connectivity index (χ1n) is 6.02. The number of rotatable bonds is 5. The van der Waals surface area contributed by atoms with Gasteiger partial charge in [0, 0.05) is 0 Å². The van der Waals surface area contributed by atoms with Gasteiger partial charge < -0.3 is 5.11 Å². The van der Waals surface area contributed by atoms with Gasteiger partial charge in [-0.3, -0.25) is 4.79 Å².